The van der Waals surface area contributed by atoms with Gasteiger partial charge in [-0.25, -0.2) is 4.79 Å². The Balaban J connectivity index is 2.22. The van der Waals surface area contributed by atoms with Gasteiger partial charge in [0.2, 0.25) is 0 Å². The van der Waals surface area contributed by atoms with Gasteiger partial charge in [-0.15, -0.1) is 0 Å². The minimum atomic E-state index is -1.25. The molecule has 0 spiro atoms. The first-order valence-corrected chi connectivity index (χ1v) is 6.76. The van der Waals surface area contributed by atoms with E-state index in [1.54, 1.807) is 12.1 Å². The number of methoxy groups -OCH3 is 2. The third-order valence-corrected chi connectivity index (χ3v) is 3.62. The maximum Gasteiger partial charge on any atom is 0.326 e. The second kappa shape index (κ2) is 6.67. The van der Waals surface area contributed by atoms with Gasteiger partial charge in [0.1, 0.15) is 6.04 Å². The Morgan fingerprint density at radius 3 is 2.00 bits per heavy atom. The van der Waals surface area contributed by atoms with Gasteiger partial charge < -0.3 is 14.6 Å². The highest BCUT2D eigenvalue weighted by molar-refractivity contribution is 6.22. The van der Waals surface area contributed by atoms with Crippen LogP contribution in [-0.2, 0) is 14.3 Å². The number of hydrogen-bond donors (Lipinski definition) is 1. The molecule has 1 aliphatic heterocycles. The van der Waals surface area contributed by atoms with E-state index in [1.807, 2.05) is 0 Å². The number of imide groups is 1. The lowest BCUT2D eigenvalue weighted by atomic mass is 10.1. The van der Waals surface area contributed by atoms with Crippen molar-refractivity contribution in [2.75, 3.05) is 14.2 Å². The number of carbonyl (C=O) groups excluding carboxylic acids is 2. The fourth-order valence-electron chi connectivity index (χ4n) is 2.48. The second-order valence-corrected chi connectivity index (χ2v) is 4.86. The van der Waals surface area contributed by atoms with Crippen LogP contribution in [0.4, 0.5) is 0 Å². The largest absolute Gasteiger partial charge is 0.480 e. The molecule has 1 atom stereocenters. The van der Waals surface area contributed by atoms with E-state index in [1.165, 1.54) is 26.4 Å². The Labute approximate surface area is 127 Å². The van der Waals surface area contributed by atoms with Crippen LogP contribution in [0.1, 0.15) is 33.6 Å². The van der Waals surface area contributed by atoms with Gasteiger partial charge in [-0.2, -0.15) is 0 Å². The van der Waals surface area contributed by atoms with Gasteiger partial charge in [0, 0.05) is 20.6 Å². The van der Waals surface area contributed by atoms with Crippen LogP contribution in [0.5, 0.6) is 0 Å². The van der Waals surface area contributed by atoms with Crippen LogP contribution in [0.2, 0.25) is 0 Å². The highest BCUT2D eigenvalue weighted by atomic mass is 16.7. The van der Waals surface area contributed by atoms with E-state index >= 15 is 0 Å². The molecule has 0 bridgehead atoms. The fourth-order valence-corrected chi connectivity index (χ4v) is 2.48. The van der Waals surface area contributed by atoms with E-state index in [-0.39, 0.29) is 24.0 Å². The number of hydrogen-bond acceptors (Lipinski definition) is 5. The SMILES string of the molecule is COC(CC[C@@H](C(=O)O)N1C(=O)c2ccccc2C1=O)OC. The number of carboxylic acid groups (broad SMARTS) is 1. The predicted octanol–water partition coefficient (Wildman–Crippen LogP) is 1.13. The molecule has 7 nitrogen and oxygen atoms in total. The van der Waals surface area contributed by atoms with Crippen molar-refractivity contribution < 1.29 is 29.0 Å². The second-order valence-electron chi connectivity index (χ2n) is 4.86. The number of benzene rings is 1. The molecule has 7 heteroatoms. The molecule has 0 radical (unpaired) electrons. The molecule has 1 aromatic carbocycles. The third-order valence-electron chi connectivity index (χ3n) is 3.62. The molecule has 0 aromatic heterocycles. The van der Waals surface area contributed by atoms with Crippen LogP contribution < -0.4 is 0 Å². The van der Waals surface area contributed by atoms with E-state index in [0.29, 0.717) is 0 Å². The number of fused-ring (bicyclic) bond motifs is 1. The zero-order valence-corrected chi connectivity index (χ0v) is 12.3. The summed E-state index contributed by atoms with van der Waals surface area (Å²) in [5, 5.41) is 9.38. The van der Waals surface area contributed by atoms with Crippen LogP contribution in [0.15, 0.2) is 24.3 Å². The first kappa shape index (κ1) is 16.1. The van der Waals surface area contributed by atoms with E-state index < -0.39 is 30.1 Å². The molecular weight excluding hydrogens is 290 g/mol. The van der Waals surface area contributed by atoms with Crippen molar-refractivity contribution in [3.63, 3.8) is 0 Å². The maximum atomic E-state index is 12.3. The molecule has 22 heavy (non-hydrogen) atoms. The van der Waals surface area contributed by atoms with Gasteiger partial charge in [-0.3, -0.25) is 14.5 Å². The Kier molecular flexibility index (Phi) is 4.89. The van der Waals surface area contributed by atoms with Gasteiger partial charge in [-0.05, 0) is 18.6 Å². The standard InChI is InChI=1S/C15H17NO6/c1-21-12(22-2)8-7-11(15(19)20)16-13(17)9-5-3-4-6-10(9)14(16)18/h3-6,11-12H,7-8H2,1-2H3,(H,19,20)/t11-/m0/s1. The molecule has 0 saturated heterocycles. The minimum Gasteiger partial charge on any atom is -0.480 e. The number of aliphatic carboxylic acids is 1. The fraction of sp³-hybridized carbons (Fsp3) is 0.400. The lowest BCUT2D eigenvalue weighted by Gasteiger charge is -2.24. The van der Waals surface area contributed by atoms with Gasteiger partial charge in [0.15, 0.2) is 6.29 Å². The Bertz CT molecular complexity index is 560. The van der Waals surface area contributed by atoms with Crippen LogP contribution in [0.3, 0.4) is 0 Å². The van der Waals surface area contributed by atoms with Crippen molar-refractivity contribution in [3.8, 4) is 0 Å². The molecule has 2 rings (SSSR count). The zero-order valence-electron chi connectivity index (χ0n) is 12.3. The molecular formula is C15H17NO6. The van der Waals surface area contributed by atoms with E-state index in [2.05, 4.69) is 0 Å². The first-order chi connectivity index (χ1) is 10.5. The number of ether oxygens (including phenoxy) is 2. The summed E-state index contributed by atoms with van der Waals surface area (Å²) in [5.41, 5.74) is 0.461. The summed E-state index contributed by atoms with van der Waals surface area (Å²) in [4.78, 5) is 36.9. The summed E-state index contributed by atoms with van der Waals surface area (Å²) in [6.45, 7) is 0. The van der Waals surface area contributed by atoms with Crippen molar-refractivity contribution >= 4 is 17.8 Å². The summed E-state index contributed by atoms with van der Waals surface area (Å²) in [5.74, 6) is -2.40. The predicted molar refractivity (Wildman–Crippen MR) is 75.4 cm³/mol. The van der Waals surface area contributed by atoms with Crippen molar-refractivity contribution in [3.05, 3.63) is 35.4 Å². The molecule has 0 aliphatic carbocycles. The number of rotatable bonds is 7. The highest BCUT2D eigenvalue weighted by Gasteiger charge is 2.42. The van der Waals surface area contributed by atoms with Crippen LogP contribution in [-0.4, -0.2) is 54.3 Å². The summed E-state index contributed by atoms with van der Waals surface area (Å²) in [6, 6.07) is 5.05. The van der Waals surface area contributed by atoms with Crippen LogP contribution >= 0.6 is 0 Å². The Morgan fingerprint density at radius 2 is 1.59 bits per heavy atom. The van der Waals surface area contributed by atoms with Crippen LogP contribution in [0, 0.1) is 0 Å². The Hall–Kier alpha value is -2.25. The van der Waals surface area contributed by atoms with E-state index in [9.17, 15) is 19.5 Å². The smallest absolute Gasteiger partial charge is 0.326 e. The monoisotopic (exact) mass is 307 g/mol. The normalized spacial score (nSPS) is 15.3. The number of carboxylic acids is 1. The van der Waals surface area contributed by atoms with E-state index in [0.717, 1.165) is 4.90 Å². The lowest BCUT2D eigenvalue weighted by Crippen LogP contribution is -2.45. The molecule has 1 N–H and O–H groups in total. The number of nitrogens with zero attached hydrogens (tertiary/aromatic N) is 1. The minimum absolute atomic E-state index is 0.0488. The molecule has 0 fully saturated rings. The maximum absolute atomic E-state index is 12.3. The van der Waals surface area contributed by atoms with Gasteiger partial charge >= 0.3 is 5.97 Å². The summed E-state index contributed by atoms with van der Waals surface area (Å²) >= 11 is 0. The molecule has 0 unspecified atom stereocenters. The van der Waals surface area contributed by atoms with E-state index in [4.69, 9.17) is 9.47 Å². The molecule has 1 heterocycles. The van der Waals surface area contributed by atoms with Gasteiger partial charge in [0.25, 0.3) is 11.8 Å². The summed E-state index contributed by atoms with van der Waals surface area (Å²) in [6.07, 6.45) is -0.290. The topological polar surface area (TPSA) is 93.1 Å². The van der Waals surface area contributed by atoms with Gasteiger partial charge in [-0.1, -0.05) is 12.1 Å². The average Bonchev–Trinajstić information content (AvgIpc) is 2.76. The average molecular weight is 307 g/mol. The summed E-state index contributed by atoms with van der Waals surface area (Å²) in [7, 11) is 2.87. The molecule has 1 aromatic rings. The first-order valence-electron chi connectivity index (χ1n) is 6.76. The highest BCUT2D eigenvalue weighted by Crippen LogP contribution is 2.26. The zero-order chi connectivity index (χ0) is 16.3. The van der Waals surface area contributed by atoms with Crippen molar-refractivity contribution in [2.24, 2.45) is 0 Å². The van der Waals surface area contributed by atoms with Crippen molar-refractivity contribution in [1.82, 2.24) is 4.90 Å². The van der Waals surface area contributed by atoms with Crippen molar-refractivity contribution in [2.45, 2.75) is 25.2 Å². The number of carbonyl (C=O) groups is 3. The lowest BCUT2D eigenvalue weighted by molar-refractivity contribution is -0.143. The molecule has 0 saturated carbocycles. The Morgan fingerprint density at radius 1 is 1.09 bits per heavy atom. The molecule has 2 amide bonds. The van der Waals surface area contributed by atoms with Gasteiger partial charge in [0.05, 0.1) is 11.1 Å². The third kappa shape index (κ3) is 2.86. The van der Waals surface area contributed by atoms with Crippen LogP contribution in [0.25, 0.3) is 0 Å². The van der Waals surface area contributed by atoms with Crippen molar-refractivity contribution in [1.29, 1.82) is 0 Å². The summed E-state index contributed by atoms with van der Waals surface area (Å²) < 4.78 is 10.0. The quantitative estimate of drug-likeness (QED) is 0.599. The molecule has 118 valence electrons. The number of amides is 2. The molecule has 1 aliphatic rings.